The topological polar surface area (TPSA) is 102 Å². The summed E-state index contributed by atoms with van der Waals surface area (Å²) in [7, 11) is 0. The Morgan fingerprint density at radius 3 is 2.51 bits per heavy atom. The minimum absolute atomic E-state index is 0.168. The van der Waals surface area contributed by atoms with Crippen molar-refractivity contribution in [1.29, 1.82) is 0 Å². The summed E-state index contributed by atoms with van der Waals surface area (Å²) in [5.74, 6) is 0.745. The number of anilines is 2. The van der Waals surface area contributed by atoms with Gasteiger partial charge in [0.15, 0.2) is 0 Å². The first-order valence-corrected chi connectivity index (χ1v) is 12.7. The molecular formula is C28H26N4O4S. The highest BCUT2D eigenvalue weighted by Crippen LogP contribution is 2.52. The molecule has 188 valence electrons. The van der Waals surface area contributed by atoms with E-state index < -0.39 is 11.5 Å². The Bertz CT molecular complexity index is 1440. The number of amides is 2. The van der Waals surface area contributed by atoms with Crippen molar-refractivity contribution in [2.45, 2.75) is 33.3 Å². The van der Waals surface area contributed by atoms with Gasteiger partial charge in [-0.05, 0) is 24.6 Å². The number of aromatic nitrogens is 2. The molecule has 0 saturated carbocycles. The van der Waals surface area contributed by atoms with Crippen LogP contribution in [0.15, 0.2) is 72.2 Å². The van der Waals surface area contributed by atoms with Crippen molar-refractivity contribution in [3.63, 3.8) is 0 Å². The van der Waals surface area contributed by atoms with Crippen LogP contribution in [-0.4, -0.2) is 22.2 Å². The van der Waals surface area contributed by atoms with Crippen LogP contribution < -0.4 is 15.4 Å². The quantitative estimate of drug-likeness (QED) is 0.305. The van der Waals surface area contributed by atoms with E-state index in [1.807, 2.05) is 75.4 Å². The van der Waals surface area contributed by atoms with Gasteiger partial charge in [0.1, 0.15) is 23.6 Å². The number of carbonyl (C=O) groups is 2. The fraction of sp³-hybridized carbons (Fsp3) is 0.214. The molecule has 37 heavy (non-hydrogen) atoms. The zero-order valence-corrected chi connectivity index (χ0v) is 21.5. The Hall–Kier alpha value is -4.24. The highest BCUT2D eigenvalue weighted by atomic mass is 32.1. The molecule has 0 saturated heterocycles. The van der Waals surface area contributed by atoms with E-state index in [4.69, 9.17) is 9.47 Å². The van der Waals surface area contributed by atoms with Crippen LogP contribution in [0.2, 0.25) is 0 Å². The lowest BCUT2D eigenvalue weighted by Crippen LogP contribution is -2.38. The molecule has 5 rings (SSSR count). The summed E-state index contributed by atoms with van der Waals surface area (Å²) in [6.45, 7) is 5.97. The second kappa shape index (κ2) is 10.0. The largest absolute Gasteiger partial charge is 0.457 e. The van der Waals surface area contributed by atoms with Crippen molar-refractivity contribution in [3.05, 3.63) is 94.5 Å². The molecule has 1 atom stereocenters. The minimum atomic E-state index is -0.859. The van der Waals surface area contributed by atoms with Gasteiger partial charge in [0.25, 0.3) is 0 Å². The molecule has 4 aromatic rings. The van der Waals surface area contributed by atoms with Crippen LogP contribution in [0.5, 0.6) is 11.5 Å². The van der Waals surface area contributed by atoms with Crippen LogP contribution in [0.25, 0.3) is 0 Å². The van der Waals surface area contributed by atoms with Gasteiger partial charge in [-0.2, -0.15) is 0 Å². The van der Waals surface area contributed by atoms with E-state index in [1.165, 1.54) is 11.3 Å². The van der Waals surface area contributed by atoms with Crippen LogP contribution in [0.1, 0.15) is 42.0 Å². The monoisotopic (exact) mass is 514 g/mol. The molecule has 0 spiro atoms. The van der Waals surface area contributed by atoms with Crippen LogP contribution in [-0.2, 0) is 16.1 Å². The fourth-order valence-electron chi connectivity index (χ4n) is 4.42. The first-order valence-electron chi connectivity index (χ1n) is 11.8. The molecule has 1 aliphatic rings. The van der Waals surface area contributed by atoms with Crippen molar-refractivity contribution < 1.29 is 19.1 Å². The lowest BCUT2D eigenvalue weighted by Gasteiger charge is -2.38. The van der Waals surface area contributed by atoms with Crippen LogP contribution >= 0.6 is 11.3 Å². The number of ether oxygens (including phenoxy) is 2. The molecule has 0 fully saturated rings. The third-order valence-corrected chi connectivity index (χ3v) is 7.01. The number of aryl methyl sites for hydroxylation is 1. The second-order valence-electron chi connectivity index (χ2n) is 9.43. The molecule has 2 heterocycles. The summed E-state index contributed by atoms with van der Waals surface area (Å²) in [5.41, 5.74) is 5.04. The highest BCUT2D eigenvalue weighted by molar-refractivity contribution is 7.13. The Balaban J connectivity index is 1.38. The SMILES string of the molecule is Cc1ccc(COC(=O)Nc2ccc3c(c2)Oc2ccccc2C3C(C)(C)C(=O)Nc2nncs2)cc1. The number of para-hydroxylation sites is 1. The van der Waals surface area contributed by atoms with Gasteiger partial charge in [-0.3, -0.25) is 10.1 Å². The van der Waals surface area contributed by atoms with Gasteiger partial charge in [0.2, 0.25) is 11.0 Å². The number of carbonyl (C=O) groups excluding carboxylic acids is 2. The fourth-order valence-corrected chi connectivity index (χ4v) is 4.86. The number of nitrogens with one attached hydrogen (secondary N) is 2. The summed E-state index contributed by atoms with van der Waals surface area (Å²) in [5, 5.41) is 13.8. The number of nitrogens with zero attached hydrogens (tertiary/aromatic N) is 2. The molecular weight excluding hydrogens is 488 g/mol. The third kappa shape index (κ3) is 5.17. The van der Waals surface area contributed by atoms with Gasteiger partial charge in [0.05, 0.1) is 5.41 Å². The van der Waals surface area contributed by atoms with Crippen LogP contribution in [0, 0.1) is 12.3 Å². The molecule has 0 radical (unpaired) electrons. The third-order valence-electron chi connectivity index (χ3n) is 6.40. The molecule has 0 bridgehead atoms. The van der Waals surface area contributed by atoms with Crippen LogP contribution in [0.3, 0.4) is 0 Å². The van der Waals surface area contributed by atoms with E-state index in [2.05, 4.69) is 20.8 Å². The van der Waals surface area contributed by atoms with Gasteiger partial charge in [-0.1, -0.05) is 79.3 Å². The number of hydrogen-bond acceptors (Lipinski definition) is 7. The van der Waals surface area contributed by atoms with Crippen molar-refractivity contribution in [2.75, 3.05) is 10.6 Å². The van der Waals surface area contributed by atoms with Crippen molar-refractivity contribution in [2.24, 2.45) is 5.41 Å². The lowest BCUT2D eigenvalue weighted by atomic mass is 9.69. The van der Waals surface area contributed by atoms with E-state index in [0.717, 1.165) is 22.3 Å². The average molecular weight is 515 g/mol. The average Bonchev–Trinajstić information content (AvgIpc) is 3.40. The maximum absolute atomic E-state index is 13.4. The minimum Gasteiger partial charge on any atom is -0.457 e. The molecule has 1 aromatic heterocycles. The van der Waals surface area contributed by atoms with Gasteiger partial charge < -0.3 is 14.8 Å². The number of benzene rings is 3. The molecule has 9 heteroatoms. The summed E-state index contributed by atoms with van der Waals surface area (Å²) >= 11 is 1.26. The Kier molecular flexibility index (Phi) is 6.62. The van der Waals surface area contributed by atoms with Gasteiger partial charge in [-0.25, -0.2) is 4.79 Å². The van der Waals surface area contributed by atoms with E-state index in [1.54, 1.807) is 17.6 Å². The number of hydrogen-bond donors (Lipinski definition) is 2. The Labute approximate surface area is 218 Å². The molecule has 2 N–H and O–H groups in total. The first-order chi connectivity index (χ1) is 17.8. The summed E-state index contributed by atoms with van der Waals surface area (Å²) in [6, 6.07) is 20.9. The smallest absolute Gasteiger partial charge is 0.411 e. The van der Waals surface area contributed by atoms with Crippen LogP contribution in [0.4, 0.5) is 15.6 Å². The predicted octanol–water partition coefficient (Wildman–Crippen LogP) is 6.50. The van der Waals surface area contributed by atoms with Gasteiger partial charge in [-0.15, -0.1) is 10.2 Å². The Morgan fingerprint density at radius 2 is 1.76 bits per heavy atom. The molecule has 8 nitrogen and oxygen atoms in total. The maximum atomic E-state index is 13.4. The zero-order chi connectivity index (χ0) is 26.0. The number of rotatable bonds is 6. The second-order valence-corrected chi connectivity index (χ2v) is 10.3. The summed E-state index contributed by atoms with van der Waals surface area (Å²) < 4.78 is 11.6. The maximum Gasteiger partial charge on any atom is 0.411 e. The zero-order valence-electron chi connectivity index (χ0n) is 20.6. The lowest BCUT2D eigenvalue weighted by molar-refractivity contribution is -0.124. The van der Waals surface area contributed by atoms with Gasteiger partial charge >= 0.3 is 6.09 Å². The number of fused-ring (bicyclic) bond motifs is 2. The first kappa shape index (κ1) is 24.5. The van der Waals surface area contributed by atoms with E-state index in [-0.39, 0.29) is 18.4 Å². The van der Waals surface area contributed by atoms with E-state index >= 15 is 0 Å². The molecule has 1 unspecified atom stereocenters. The standard InChI is InChI=1S/C28H26N4O4S/c1-17-8-10-18(11-9-17)15-35-27(34)30-19-12-13-21-23(14-19)36-22-7-5-4-6-20(22)24(21)28(2,3)25(33)31-26-32-29-16-37-26/h4-14,16,24H,15H2,1-3H3,(H,30,34)(H,31,32,33). The van der Waals surface area contributed by atoms with E-state index in [9.17, 15) is 9.59 Å². The summed E-state index contributed by atoms with van der Waals surface area (Å²) in [6.07, 6.45) is -0.565. The molecule has 1 aliphatic heterocycles. The van der Waals surface area contributed by atoms with Crippen molar-refractivity contribution in [3.8, 4) is 11.5 Å². The van der Waals surface area contributed by atoms with Gasteiger partial charge in [0, 0.05) is 28.8 Å². The molecule has 3 aromatic carbocycles. The normalized spacial score (nSPS) is 14.1. The highest BCUT2D eigenvalue weighted by Gasteiger charge is 2.43. The predicted molar refractivity (Wildman–Crippen MR) is 142 cm³/mol. The van der Waals surface area contributed by atoms with E-state index in [0.29, 0.717) is 22.3 Å². The Morgan fingerprint density at radius 1 is 1.00 bits per heavy atom. The van der Waals surface area contributed by atoms with Crippen molar-refractivity contribution >= 4 is 34.2 Å². The summed E-state index contributed by atoms with van der Waals surface area (Å²) in [4.78, 5) is 25.8. The molecule has 2 amide bonds. The molecule has 0 aliphatic carbocycles. The van der Waals surface area contributed by atoms with Crippen molar-refractivity contribution in [1.82, 2.24) is 10.2 Å².